The molecule has 0 aliphatic carbocycles. The Morgan fingerprint density at radius 3 is 2.48 bits per heavy atom. The van der Waals surface area contributed by atoms with Crippen LogP contribution >= 0.6 is 11.8 Å². The first kappa shape index (κ1) is 22.4. The summed E-state index contributed by atoms with van der Waals surface area (Å²) in [5.74, 6) is 0.399. The molecule has 8 heteroatoms. The molecule has 2 aromatic carbocycles. The molecule has 0 atom stereocenters. The molecule has 0 unspecified atom stereocenters. The third kappa shape index (κ3) is 5.46. The second kappa shape index (κ2) is 9.70. The number of hydrogen-bond acceptors (Lipinski definition) is 6. The summed E-state index contributed by atoms with van der Waals surface area (Å²) in [6.07, 6.45) is 0.413. The molecule has 7 nitrogen and oxygen atoms in total. The lowest BCUT2D eigenvalue weighted by atomic mass is 10.0. The summed E-state index contributed by atoms with van der Waals surface area (Å²) in [6, 6.07) is 12.4. The van der Waals surface area contributed by atoms with E-state index in [-0.39, 0.29) is 24.0 Å². The number of fused-ring (bicyclic) bond motifs is 1. The van der Waals surface area contributed by atoms with Crippen molar-refractivity contribution in [2.75, 3.05) is 26.5 Å². The number of anilines is 1. The van der Waals surface area contributed by atoms with Crippen LogP contribution in [0.25, 0.3) is 11.0 Å². The lowest BCUT2D eigenvalue weighted by molar-refractivity contribution is -0.116. The zero-order valence-corrected chi connectivity index (χ0v) is 18.7. The first-order valence-electron chi connectivity index (χ1n) is 9.68. The lowest BCUT2D eigenvalue weighted by Gasteiger charge is -2.10. The van der Waals surface area contributed by atoms with Crippen molar-refractivity contribution < 1.29 is 18.7 Å². The SMILES string of the molecule is COc1ccc2c(C)c(CCC(=O)Nc3ccc(SC(=O)N(C)C)cc3)c(=O)oc2c1. The molecule has 0 saturated heterocycles. The molecule has 1 N–H and O–H groups in total. The summed E-state index contributed by atoms with van der Waals surface area (Å²) in [4.78, 5) is 38.8. The number of carbonyl (C=O) groups excluding carboxylic acids is 2. The number of thioether (sulfide) groups is 1. The van der Waals surface area contributed by atoms with Gasteiger partial charge in [0.1, 0.15) is 11.3 Å². The van der Waals surface area contributed by atoms with Gasteiger partial charge in [-0.25, -0.2) is 4.79 Å². The first-order chi connectivity index (χ1) is 14.8. The molecule has 0 aliphatic rings. The highest BCUT2D eigenvalue weighted by molar-refractivity contribution is 8.13. The average molecular weight is 441 g/mol. The summed E-state index contributed by atoms with van der Waals surface area (Å²) in [5, 5.41) is 3.56. The third-order valence-corrected chi connectivity index (χ3v) is 5.85. The fraction of sp³-hybridized carbons (Fsp3) is 0.261. The Morgan fingerprint density at radius 2 is 1.84 bits per heavy atom. The number of ether oxygens (including phenoxy) is 1. The van der Waals surface area contributed by atoms with Gasteiger partial charge in [0, 0.05) is 48.1 Å². The molecule has 162 valence electrons. The maximum absolute atomic E-state index is 12.4. The smallest absolute Gasteiger partial charge is 0.339 e. The van der Waals surface area contributed by atoms with Crippen molar-refractivity contribution in [3.8, 4) is 5.75 Å². The molecule has 1 heterocycles. The number of hydrogen-bond donors (Lipinski definition) is 1. The van der Waals surface area contributed by atoms with Crippen LogP contribution in [0.4, 0.5) is 10.5 Å². The minimum atomic E-state index is -0.446. The van der Waals surface area contributed by atoms with Gasteiger partial charge in [-0.2, -0.15) is 0 Å². The van der Waals surface area contributed by atoms with Gasteiger partial charge in [-0.1, -0.05) is 0 Å². The van der Waals surface area contributed by atoms with Gasteiger partial charge in [0.25, 0.3) is 5.24 Å². The molecule has 0 radical (unpaired) electrons. The fourth-order valence-electron chi connectivity index (χ4n) is 3.05. The van der Waals surface area contributed by atoms with Gasteiger partial charge < -0.3 is 19.4 Å². The van der Waals surface area contributed by atoms with Crippen LogP contribution < -0.4 is 15.7 Å². The van der Waals surface area contributed by atoms with E-state index in [1.165, 1.54) is 4.90 Å². The number of aryl methyl sites for hydroxylation is 1. The predicted molar refractivity (Wildman–Crippen MR) is 122 cm³/mol. The van der Waals surface area contributed by atoms with E-state index < -0.39 is 5.63 Å². The molecule has 3 rings (SSSR count). The van der Waals surface area contributed by atoms with Crippen molar-refractivity contribution in [3.05, 3.63) is 64.0 Å². The molecule has 31 heavy (non-hydrogen) atoms. The van der Waals surface area contributed by atoms with Crippen LogP contribution in [0.5, 0.6) is 5.75 Å². The number of rotatable bonds is 6. The van der Waals surface area contributed by atoms with E-state index in [0.29, 0.717) is 22.6 Å². The molecular formula is C23H24N2O5S. The maximum Gasteiger partial charge on any atom is 0.339 e. The zero-order chi connectivity index (χ0) is 22.5. The fourth-order valence-corrected chi connectivity index (χ4v) is 3.71. The Hall–Kier alpha value is -3.26. The van der Waals surface area contributed by atoms with Gasteiger partial charge in [-0.3, -0.25) is 9.59 Å². The predicted octanol–water partition coefficient (Wildman–Crippen LogP) is 4.46. The Balaban J connectivity index is 1.65. The van der Waals surface area contributed by atoms with Gasteiger partial charge in [0.05, 0.1) is 7.11 Å². The molecular weight excluding hydrogens is 416 g/mol. The largest absolute Gasteiger partial charge is 0.497 e. The topological polar surface area (TPSA) is 88.9 Å². The van der Waals surface area contributed by atoms with Crippen molar-refractivity contribution >= 4 is 39.6 Å². The van der Waals surface area contributed by atoms with Crippen LogP contribution in [0.1, 0.15) is 17.5 Å². The molecule has 0 bridgehead atoms. The summed E-state index contributed by atoms with van der Waals surface area (Å²) in [5.41, 5.74) is 1.93. The van der Waals surface area contributed by atoms with Crippen molar-refractivity contribution in [1.29, 1.82) is 0 Å². The number of nitrogens with zero attached hydrogens (tertiary/aromatic N) is 1. The monoisotopic (exact) mass is 440 g/mol. The van der Waals surface area contributed by atoms with Crippen molar-refractivity contribution in [2.24, 2.45) is 0 Å². The number of amides is 2. The highest BCUT2D eigenvalue weighted by atomic mass is 32.2. The minimum absolute atomic E-state index is 0.0696. The van der Waals surface area contributed by atoms with E-state index in [4.69, 9.17) is 9.15 Å². The Morgan fingerprint density at radius 1 is 1.13 bits per heavy atom. The number of carbonyl (C=O) groups is 2. The van der Waals surface area contributed by atoms with Crippen LogP contribution in [-0.2, 0) is 11.2 Å². The quantitative estimate of drug-likeness (QED) is 0.450. The van der Waals surface area contributed by atoms with E-state index in [1.807, 2.05) is 13.0 Å². The second-order valence-corrected chi connectivity index (χ2v) is 8.21. The number of nitrogens with one attached hydrogen (secondary N) is 1. The van der Waals surface area contributed by atoms with Crippen molar-refractivity contribution in [3.63, 3.8) is 0 Å². The van der Waals surface area contributed by atoms with E-state index in [9.17, 15) is 14.4 Å². The van der Waals surface area contributed by atoms with Crippen LogP contribution in [0.15, 0.2) is 56.6 Å². The Bertz CT molecular complexity index is 1170. The van der Waals surface area contributed by atoms with Gasteiger partial charge in [-0.05, 0) is 67.1 Å². The van der Waals surface area contributed by atoms with E-state index in [1.54, 1.807) is 57.6 Å². The van der Waals surface area contributed by atoms with Gasteiger partial charge in [0.2, 0.25) is 5.91 Å². The highest BCUT2D eigenvalue weighted by Crippen LogP contribution is 2.25. The molecule has 3 aromatic rings. The highest BCUT2D eigenvalue weighted by Gasteiger charge is 2.14. The Kier molecular flexibility index (Phi) is 7.02. The molecule has 2 amide bonds. The molecule has 0 fully saturated rings. The second-order valence-electron chi connectivity index (χ2n) is 7.19. The maximum atomic E-state index is 12.4. The van der Waals surface area contributed by atoms with Crippen molar-refractivity contribution in [1.82, 2.24) is 4.90 Å². The number of benzene rings is 2. The molecule has 0 spiro atoms. The van der Waals surface area contributed by atoms with Crippen LogP contribution in [-0.4, -0.2) is 37.3 Å². The Labute approximate surface area is 184 Å². The summed E-state index contributed by atoms with van der Waals surface area (Å²) in [6.45, 7) is 1.85. The first-order valence-corrected chi connectivity index (χ1v) is 10.5. The van der Waals surface area contributed by atoms with Crippen molar-refractivity contribution in [2.45, 2.75) is 24.7 Å². The minimum Gasteiger partial charge on any atom is -0.497 e. The van der Waals surface area contributed by atoms with Crippen LogP contribution in [0.3, 0.4) is 0 Å². The lowest BCUT2D eigenvalue weighted by Crippen LogP contribution is -2.17. The standard InChI is InChI=1S/C23H24N2O5S/c1-14-18-10-7-16(29-4)13-20(18)30-22(27)19(14)11-12-21(26)24-15-5-8-17(9-6-15)31-23(28)25(2)3/h5-10,13H,11-12H2,1-4H3,(H,24,26). The van der Waals surface area contributed by atoms with E-state index in [0.717, 1.165) is 27.6 Å². The van der Waals surface area contributed by atoms with Gasteiger partial charge in [0.15, 0.2) is 0 Å². The van der Waals surface area contributed by atoms with Crippen LogP contribution in [0.2, 0.25) is 0 Å². The van der Waals surface area contributed by atoms with E-state index in [2.05, 4.69) is 5.32 Å². The zero-order valence-electron chi connectivity index (χ0n) is 17.9. The summed E-state index contributed by atoms with van der Waals surface area (Å²) < 4.78 is 10.6. The average Bonchev–Trinajstić information content (AvgIpc) is 2.74. The summed E-state index contributed by atoms with van der Waals surface area (Å²) >= 11 is 1.11. The van der Waals surface area contributed by atoms with Gasteiger partial charge in [-0.15, -0.1) is 0 Å². The van der Waals surface area contributed by atoms with Crippen LogP contribution in [0, 0.1) is 6.92 Å². The normalized spacial score (nSPS) is 10.7. The van der Waals surface area contributed by atoms with Gasteiger partial charge >= 0.3 is 5.63 Å². The molecule has 1 aromatic heterocycles. The molecule has 0 saturated carbocycles. The number of methoxy groups -OCH3 is 1. The third-order valence-electron chi connectivity index (χ3n) is 4.80. The molecule has 0 aliphatic heterocycles. The van der Waals surface area contributed by atoms with E-state index >= 15 is 0 Å². The summed E-state index contributed by atoms with van der Waals surface area (Å²) in [7, 11) is 4.94.